The van der Waals surface area contributed by atoms with Crippen LogP contribution in [-0.2, 0) is 11.2 Å². The Morgan fingerprint density at radius 2 is 1.83 bits per heavy atom. The van der Waals surface area contributed by atoms with Gasteiger partial charge in [-0.2, -0.15) is 0 Å². The summed E-state index contributed by atoms with van der Waals surface area (Å²) >= 11 is 0. The Kier molecular flexibility index (Phi) is 5.52. The normalized spacial score (nSPS) is 18.7. The number of nitrogens with zero attached hydrogens (tertiary/aromatic N) is 4. The molecule has 1 atom stereocenters. The van der Waals surface area contributed by atoms with E-state index in [0.29, 0.717) is 25.8 Å². The molecule has 7 heteroatoms. The summed E-state index contributed by atoms with van der Waals surface area (Å²) < 4.78 is 0. The van der Waals surface area contributed by atoms with Crippen molar-refractivity contribution in [3.63, 3.8) is 0 Å². The number of nitrogens with two attached hydrogens (primary N) is 1. The number of amides is 2. The van der Waals surface area contributed by atoms with Crippen molar-refractivity contribution in [2.45, 2.75) is 19.3 Å². The highest BCUT2D eigenvalue weighted by Crippen LogP contribution is 2.37. The molecule has 1 aliphatic rings. The van der Waals surface area contributed by atoms with Crippen LogP contribution in [0.2, 0.25) is 0 Å². The van der Waals surface area contributed by atoms with Crippen molar-refractivity contribution in [3.8, 4) is 11.1 Å². The number of hydrogen-bond acceptors (Lipinski definition) is 5. The molecule has 4 rings (SSSR count). The van der Waals surface area contributed by atoms with Crippen LogP contribution in [0.25, 0.3) is 11.1 Å². The fourth-order valence-electron chi connectivity index (χ4n) is 4.16. The quantitative estimate of drug-likeness (QED) is 0.708. The Balaban J connectivity index is 1.65. The molecule has 30 heavy (non-hydrogen) atoms. The SMILES string of the molecule is NC(=O)[C@]1(Cc2ccccc2-c2ccncc2)CCCN(C(=O)c2cnccn2)C1. The highest BCUT2D eigenvalue weighted by atomic mass is 16.2. The van der Waals surface area contributed by atoms with Gasteiger partial charge < -0.3 is 10.6 Å². The van der Waals surface area contributed by atoms with Crippen molar-refractivity contribution >= 4 is 11.8 Å². The van der Waals surface area contributed by atoms with Crippen molar-refractivity contribution in [3.05, 3.63) is 78.6 Å². The second-order valence-corrected chi connectivity index (χ2v) is 7.64. The van der Waals surface area contributed by atoms with Crippen LogP contribution >= 0.6 is 0 Å². The average Bonchev–Trinajstić information content (AvgIpc) is 2.80. The fraction of sp³-hybridized carbons (Fsp3) is 0.261. The monoisotopic (exact) mass is 401 g/mol. The number of carbonyl (C=O) groups is 2. The molecule has 1 fully saturated rings. The van der Waals surface area contributed by atoms with Gasteiger partial charge in [0.15, 0.2) is 0 Å². The summed E-state index contributed by atoms with van der Waals surface area (Å²) in [6, 6.07) is 11.9. The molecule has 1 aromatic carbocycles. The molecule has 2 N–H and O–H groups in total. The molecule has 0 unspecified atom stereocenters. The molecule has 7 nitrogen and oxygen atoms in total. The Bertz CT molecular complexity index is 1040. The van der Waals surface area contributed by atoms with E-state index in [-0.39, 0.29) is 24.1 Å². The van der Waals surface area contributed by atoms with E-state index in [2.05, 4.69) is 15.0 Å². The predicted octanol–water partition coefficient (Wildman–Crippen LogP) is 2.49. The number of primary amides is 1. The zero-order valence-electron chi connectivity index (χ0n) is 16.6. The summed E-state index contributed by atoms with van der Waals surface area (Å²) in [5.41, 5.74) is 8.46. The van der Waals surface area contributed by atoms with Gasteiger partial charge in [0.05, 0.1) is 11.6 Å². The summed E-state index contributed by atoms with van der Waals surface area (Å²) in [5, 5.41) is 0. The lowest BCUT2D eigenvalue weighted by Crippen LogP contribution is -2.53. The lowest BCUT2D eigenvalue weighted by molar-refractivity contribution is -0.130. The first-order valence-electron chi connectivity index (χ1n) is 9.93. The number of hydrogen-bond donors (Lipinski definition) is 1. The van der Waals surface area contributed by atoms with Crippen LogP contribution in [0, 0.1) is 5.41 Å². The Morgan fingerprint density at radius 1 is 1.03 bits per heavy atom. The van der Waals surface area contributed by atoms with Gasteiger partial charge >= 0.3 is 0 Å². The molecule has 0 radical (unpaired) electrons. The van der Waals surface area contributed by atoms with Gasteiger partial charge in [-0.3, -0.25) is 19.6 Å². The Morgan fingerprint density at radius 3 is 2.57 bits per heavy atom. The van der Waals surface area contributed by atoms with E-state index in [1.54, 1.807) is 17.3 Å². The maximum absolute atomic E-state index is 12.9. The van der Waals surface area contributed by atoms with Crippen molar-refractivity contribution in [2.75, 3.05) is 13.1 Å². The minimum absolute atomic E-state index is 0.226. The first-order chi connectivity index (χ1) is 14.6. The van der Waals surface area contributed by atoms with Crippen LogP contribution < -0.4 is 5.73 Å². The minimum Gasteiger partial charge on any atom is -0.369 e. The zero-order valence-corrected chi connectivity index (χ0v) is 16.6. The van der Waals surface area contributed by atoms with E-state index >= 15 is 0 Å². The molecule has 1 aliphatic heterocycles. The van der Waals surface area contributed by atoms with Gasteiger partial charge in [0.2, 0.25) is 5.91 Å². The first kappa shape index (κ1) is 19.7. The molecule has 152 valence electrons. The number of piperidine rings is 1. The van der Waals surface area contributed by atoms with E-state index < -0.39 is 5.41 Å². The van der Waals surface area contributed by atoms with Crippen LogP contribution in [0.4, 0.5) is 0 Å². The topological polar surface area (TPSA) is 102 Å². The average molecular weight is 401 g/mol. The molecular weight excluding hydrogens is 378 g/mol. The minimum atomic E-state index is -0.834. The van der Waals surface area contributed by atoms with Gasteiger partial charge in [-0.1, -0.05) is 24.3 Å². The fourth-order valence-corrected chi connectivity index (χ4v) is 4.16. The molecule has 3 aromatic rings. The number of benzene rings is 1. The second kappa shape index (κ2) is 8.41. The van der Waals surface area contributed by atoms with Crippen LogP contribution in [0.1, 0.15) is 28.9 Å². The molecule has 0 bridgehead atoms. The van der Waals surface area contributed by atoms with E-state index in [9.17, 15) is 9.59 Å². The third-order valence-electron chi connectivity index (χ3n) is 5.71. The van der Waals surface area contributed by atoms with Crippen molar-refractivity contribution in [1.29, 1.82) is 0 Å². The third kappa shape index (κ3) is 3.91. The summed E-state index contributed by atoms with van der Waals surface area (Å²) in [4.78, 5) is 39.4. The molecule has 2 amide bonds. The lowest BCUT2D eigenvalue weighted by Gasteiger charge is -2.41. The number of rotatable bonds is 5. The van der Waals surface area contributed by atoms with E-state index in [0.717, 1.165) is 16.7 Å². The maximum atomic E-state index is 12.9. The van der Waals surface area contributed by atoms with Crippen LogP contribution in [0.5, 0.6) is 0 Å². The zero-order chi connectivity index (χ0) is 21.0. The summed E-state index contributed by atoms with van der Waals surface area (Å²) in [6.45, 7) is 0.832. The highest BCUT2D eigenvalue weighted by Gasteiger charge is 2.43. The smallest absolute Gasteiger partial charge is 0.274 e. The van der Waals surface area contributed by atoms with Crippen molar-refractivity contribution in [1.82, 2.24) is 19.9 Å². The van der Waals surface area contributed by atoms with E-state index in [1.807, 2.05) is 36.4 Å². The molecule has 1 saturated heterocycles. The van der Waals surface area contributed by atoms with Crippen LogP contribution in [0.3, 0.4) is 0 Å². The number of pyridine rings is 1. The highest BCUT2D eigenvalue weighted by molar-refractivity contribution is 5.93. The Hall–Kier alpha value is -3.61. The van der Waals surface area contributed by atoms with Crippen molar-refractivity contribution < 1.29 is 9.59 Å². The van der Waals surface area contributed by atoms with Gasteiger partial charge in [0.25, 0.3) is 5.91 Å². The van der Waals surface area contributed by atoms with Crippen LogP contribution in [-0.4, -0.2) is 44.8 Å². The van der Waals surface area contributed by atoms with Gasteiger partial charge in [0, 0.05) is 37.9 Å². The maximum Gasteiger partial charge on any atom is 0.274 e. The molecule has 3 heterocycles. The van der Waals surface area contributed by atoms with Gasteiger partial charge in [-0.15, -0.1) is 0 Å². The van der Waals surface area contributed by atoms with Gasteiger partial charge in [-0.05, 0) is 48.1 Å². The summed E-state index contributed by atoms with van der Waals surface area (Å²) in [6.07, 6.45) is 9.76. The largest absolute Gasteiger partial charge is 0.369 e. The van der Waals surface area contributed by atoms with Crippen molar-refractivity contribution in [2.24, 2.45) is 11.1 Å². The number of likely N-dealkylation sites (tertiary alicyclic amines) is 1. The summed E-state index contributed by atoms with van der Waals surface area (Å²) in [5.74, 6) is -0.612. The molecule has 0 saturated carbocycles. The first-order valence-corrected chi connectivity index (χ1v) is 9.93. The predicted molar refractivity (Wildman–Crippen MR) is 112 cm³/mol. The van der Waals surface area contributed by atoms with E-state index in [1.165, 1.54) is 18.6 Å². The number of aromatic nitrogens is 3. The van der Waals surface area contributed by atoms with E-state index in [4.69, 9.17) is 5.73 Å². The third-order valence-corrected chi connectivity index (χ3v) is 5.71. The van der Waals surface area contributed by atoms with Crippen LogP contribution in [0.15, 0.2) is 67.4 Å². The summed E-state index contributed by atoms with van der Waals surface area (Å²) in [7, 11) is 0. The Labute approximate surface area is 175 Å². The number of carbonyl (C=O) groups excluding carboxylic acids is 2. The standard InChI is InChI=1S/C23H23N5O2/c24-22(30)23(8-3-13-28(16-23)21(29)20-15-26-11-12-27-20)14-18-4-1-2-5-19(18)17-6-9-25-10-7-17/h1-2,4-7,9-12,15H,3,8,13-14,16H2,(H2,24,30)/t23-/m0/s1. The molecule has 2 aromatic heterocycles. The molecular formula is C23H23N5O2. The van der Waals surface area contributed by atoms with Gasteiger partial charge in [0.1, 0.15) is 5.69 Å². The lowest BCUT2D eigenvalue weighted by atomic mass is 9.73. The molecule has 0 spiro atoms. The molecule has 0 aliphatic carbocycles. The van der Waals surface area contributed by atoms with Gasteiger partial charge in [-0.25, -0.2) is 4.98 Å². The second-order valence-electron chi connectivity index (χ2n) is 7.64.